The molecule has 0 N–H and O–H groups in total. The predicted molar refractivity (Wildman–Crippen MR) is 230 cm³/mol. The number of thiophene rings is 2. The highest BCUT2D eigenvalue weighted by Gasteiger charge is 2.17. The molecule has 0 fully saturated rings. The van der Waals surface area contributed by atoms with Gasteiger partial charge in [0.1, 0.15) is 0 Å². The van der Waals surface area contributed by atoms with Crippen LogP contribution in [0.25, 0.3) is 108 Å². The van der Waals surface area contributed by atoms with E-state index in [0.717, 1.165) is 49.7 Å². The lowest BCUT2D eigenvalue weighted by molar-refractivity contribution is 1.08. The SMILES string of the molecule is c1ccc(-c2nc(-c3cc(-c4ccc5c(c4)sc4ccccc45)cc(-c4ccc5c(c4)sc4ccccc45)c3)nc(-c3cccc4ccccc34)n2)cc1. The van der Waals surface area contributed by atoms with Crippen molar-refractivity contribution in [2.24, 2.45) is 0 Å². The van der Waals surface area contributed by atoms with E-state index in [1.807, 2.05) is 40.9 Å². The van der Waals surface area contributed by atoms with Gasteiger partial charge in [0.25, 0.3) is 0 Å². The minimum atomic E-state index is 0.640. The Labute approximate surface area is 319 Å². The van der Waals surface area contributed by atoms with Gasteiger partial charge in [-0.25, -0.2) is 15.0 Å². The molecular formula is C49H29N3S2. The third kappa shape index (κ3) is 5.28. The second kappa shape index (κ2) is 12.6. The van der Waals surface area contributed by atoms with Crippen molar-refractivity contribution in [3.8, 4) is 56.4 Å². The Hall–Kier alpha value is -6.53. The number of nitrogens with zero attached hydrogens (tertiary/aromatic N) is 3. The van der Waals surface area contributed by atoms with Gasteiger partial charge in [-0.3, -0.25) is 0 Å². The highest BCUT2D eigenvalue weighted by molar-refractivity contribution is 7.26. The smallest absolute Gasteiger partial charge is 0.164 e. The Bertz CT molecular complexity index is 3090. The van der Waals surface area contributed by atoms with Crippen LogP contribution in [0.15, 0.2) is 176 Å². The molecule has 0 amide bonds. The molecule has 0 aliphatic carbocycles. The summed E-state index contributed by atoms with van der Waals surface area (Å²) in [6.07, 6.45) is 0. The van der Waals surface area contributed by atoms with Gasteiger partial charge in [-0.05, 0) is 75.5 Å². The largest absolute Gasteiger partial charge is 0.208 e. The summed E-state index contributed by atoms with van der Waals surface area (Å²) in [5.41, 5.74) is 7.42. The molecule has 0 radical (unpaired) electrons. The first-order valence-corrected chi connectivity index (χ1v) is 19.6. The maximum absolute atomic E-state index is 5.26. The molecule has 0 saturated carbocycles. The maximum atomic E-state index is 5.26. The van der Waals surface area contributed by atoms with Crippen molar-refractivity contribution in [1.82, 2.24) is 15.0 Å². The molecule has 0 aliphatic rings. The Morgan fingerprint density at radius 1 is 0.278 bits per heavy atom. The summed E-state index contributed by atoms with van der Waals surface area (Å²) in [5, 5.41) is 7.44. The van der Waals surface area contributed by atoms with Gasteiger partial charge in [-0.2, -0.15) is 0 Å². The summed E-state index contributed by atoms with van der Waals surface area (Å²) in [5.74, 6) is 1.94. The number of aromatic nitrogens is 3. The lowest BCUT2D eigenvalue weighted by atomic mass is 9.95. The van der Waals surface area contributed by atoms with Crippen molar-refractivity contribution in [2.45, 2.75) is 0 Å². The van der Waals surface area contributed by atoms with Crippen LogP contribution >= 0.6 is 22.7 Å². The molecule has 3 heterocycles. The zero-order valence-electron chi connectivity index (χ0n) is 28.9. The molecule has 0 aliphatic heterocycles. The molecular weight excluding hydrogens is 695 g/mol. The van der Waals surface area contributed by atoms with Crippen molar-refractivity contribution in [1.29, 1.82) is 0 Å². The standard InChI is InChI=1S/C49H29N3S2/c1-2-12-31(13-3-1)47-50-48(52-49(51-47)42-18-10-14-30-11-4-5-15-37(30)42)36-26-34(32-21-23-40-38-16-6-8-19-43(38)53-45(40)28-32)25-35(27-36)33-22-24-41-39-17-7-9-20-44(39)54-46(41)29-33/h1-29H. The molecule has 54 heavy (non-hydrogen) atoms. The molecule has 0 bridgehead atoms. The van der Waals surface area contributed by atoms with Crippen LogP contribution in [0.1, 0.15) is 0 Å². The highest BCUT2D eigenvalue weighted by Crippen LogP contribution is 2.41. The number of hydrogen-bond donors (Lipinski definition) is 0. The van der Waals surface area contributed by atoms with E-state index in [1.165, 1.54) is 40.3 Å². The van der Waals surface area contributed by atoms with Crippen LogP contribution in [0.5, 0.6) is 0 Å². The number of benzene rings is 8. The fraction of sp³-hybridized carbons (Fsp3) is 0. The van der Waals surface area contributed by atoms with E-state index in [9.17, 15) is 0 Å². The molecule has 0 saturated heterocycles. The number of fused-ring (bicyclic) bond motifs is 7. The van der Waals surface area contributed by atoms with E-state index in [2.05, 4.69) is 158 Å². The predicted octanol–water partition coefficient (Wildman–Crippen LogP) is 14.1. The van der Waals surface area contributed by atoms with Gasteiger partial charge in [-0.1, -0.05) is 133 Å². The molecule has 0 atom stereocenters. The summed E-state index contributed by atoms with van der Waals surface area (Å²) in [6, 6.07) is 62.8. The first kappa shape index (κ1) is 31.0. The Morgan fingerprint density at radius 2 is 0.759 bits per heavy atom. The molecule has 3 nitrogen and oxygen atoms in total. The second-order valence-electron chi connectivity index (χ2n) is 13.6. The van der Waals surface area contributed by atoms with E-state index in [1.54, 1.807) is 0 Å². The third-order valence-corrected chi connectivity index (χ3v) is 12.6. The van der Waals surface area contributed by atoms with Crippen molar-refractivity contribution < 1.29 is 0 Å². The Balaban J connectivity index is 1.15. The van der Waals surface area contributed by atoms with Gasteiger partial charge in [0, 0.05) is 57.0 Å². The average Bonchev–Trinajstić information content (AvgIpc) is 3.81. The molecule has 0 unspecified atom stereocenters. The van der Waals surface area contributed by atoms with E-state index < -0.39 is 0 Å². The van der Waals surface area contributed by atoms with Gasteiger partial charge in [0.2, 0.25) is 0 Å². The van der Waals surface area contributed by atoms with Crippen LogP contribution in [-0.2, 0) is 0 Å². The highest BCUT2D eigenvalue weighted by atomic mass is 32.1. The minimum absolute atomic E-state index is 0.640. The van der Waals surface area contributed by atoms with Crippen LogP contribution in [-0.4, -0.2) is 15.0 Å². The molecule has 3 aromatic heterocycles. The molecule has 11 aromatic rings. The van der Waals surface area contributed by atoms with E-state index in [4.69, 9.17) is 15.0 Å². The van der Waals surface area contributed by atoms with Crippen LogP contribution in [0, 0.1) is 0 Å². The summed E-state index contributed by atoms with van der Waals surface area (Å²) < 4.78 is 5.15. The first-order chi connectivity index (χ1) is 26.7. The number of rotatable bonds is 5. The van der Waals surface area contributed by atoms with Gasteiger partial charge in [0.15, 0.2) is 17.5 Å². The van der Waals surface area contributed by atoms with Crippen molar-refractivity contribution in [2.75, 3.05) is 0 Å². The number of hydrogen-bond acceptors (Lipinski definition) is 5. The van der Waals surface area contributed by atoms with Gasteiger partial charge in [0.05, 0.1) is 0 Å². The quantitative estimate of drug-likeness (QED) is 0.177. The lowest BCUT2D eigenvalue weighted by Gasteiger charge is -2.13. The van der Waals surface area contributed by atoms with Gasteiger partial charge >= 0.3 is 0 Å². The maximum Gasteiger partial charge on any atom is 0.164 e. The summed E-state index contributed by atoms with van der Waals surface area (Å²) in [7, 11) is 0. The second-order valence-corrected chi connectivity index (χ2v) is 15.8. The van der Waals surface area contributed by atoms with Crippen LogP contribution in [0.3, 0.4) is 0 Å². The van der Waals surface area contributed by atoms with E-state index in [-0.39, 0.29) is 0 Å². The Morgan fingerprint density at radius 3 is 1.41 bits per heavy atom. The molecule has 0 spiro atoms. The third-order valence-electron chi connectivity index (χ3n) is 10.3. The van der Waals surface area contributed by atoms with Crippen LogP contribution < -0.4 is 0 Å². The summed E-state index contributed by atoms with van der Waals surface area (Å²) >= 11 is 3.69. The topological polar surface area (TPSA) is 38.7 Å². The minimum Gasteiger partial charge on any atom is -0.208 e. The fourth-order valence-corrected chi connectivity index (χ4v) is 9.95. The van der Waals surface area contributed by atoms with Gasteiger partial charge < -0.3 is 0 Å². The zero-order chi connectivity index (χ0) is 35.6. The van der Waals surface area contributed by atoms with E-state index in [0.29, 0.717) is 17.5 Å². The normalized spacial score (nSPS) is 11.7. The average molecular weight is 724 g/mol. The monoisotopic (exact) mass is 723 g/mol. The fourth-order valence-electron chi connectivity index (χ4n) is 7.66. The molecule has 252 valence electrons. The molecule has 5 heteroatoms. The lowest BCUT2D eigenvalue weighted by Crippen LogP contribution is -2.01. The van der Waals surface area contributed by atoms with Gasteiger partial charge in [-0.15, -0.1) is 22.7 Å². The Kier molecular flexibility index (Phi) is 7.22. The van der Waals surface area contributed by atoms with E-state index >= 15 is 0 Å². The summed E-state index contributed by atoms with van der Waals surface area (Å²) in [6.45, 7) is 0. The van der Waals surface area contributed by atoms with Crippen molar-refractivity contribution in [3.63, 3.8) is 0 Å². The van der Waals surface area contributed by atoms with Crippen molar-refractivity contribution >= 4 is 73.8 Å². The first-order valence-electron chi connectivity index (χ1n) is 18.0. The van der Waals surface area contributed by atoms with Crippen molar-refractivity contribution in [3.05, 3.63) is 176 Å². The van der Waals surface area contributed by atoms with Crippen LogP contribution in [0.2, 0.25) is 0 Å². The zero-order valence-corrected chi connectivity index (χ0v) is 30.5. The summed E-state index contributed by atoms with van der Waals surface area (Å²) in [4.78, 5) is 15.5. The van der Waals surface area contributed by atoms with Crippen LogP contribution in [0.4, 0.5) is 0 Å². The molecule has 11 rings (SSSR count). The molecule has 8 aromatic carbocycles.